The van der Waals surface area contributed by atoms with Crippen LogP contribution in [-0.4, -0.2) is 29.3 Å². The van der Waals surface area contributed by atoms with Gasteiger partial charge in [0.2, 0.25) is 0 Å². The summed E-state index contributed by atoms with van der Waals surface area (Å²) in [6, 6.07) is 1.67. The lowest BCUT2D eigenvalue weighted by molar-refractivity contribution is -0.137. The molecule has 0 fully saturated rings. The minimum atomic E-state index is -4.48. The Morgan fingerprint density at radius 1 is 1.42 bits per heavy atom. The molecule has 4 N–H and O–H groups in total. The molecule has 8 heteroatoms. The number of hydrogen-bond donors (Lipinski definition) is 3. The monoisotopic (exact) mass is 278 g/mol. The number of hydrogen-bond acceptors (Lipinski definition) is 5. The average Bonchev–Trinajstić information content (AvgIpc) is 2.33. The van der Waals surface area contributed by atoms with E-state index in [9.17, 15) is 13.2 Å². The first-order valence-corrected chi connectivity index (χ1v) is 5.73. The second-order valence-corrected chi connectivity index (χ2v) is 4.25. The fourth-order valence-electron chi connectivity index (χ4n) is 1.65. The molecular formula is C11H17F3N4O. The van der Waals surface area contributed by atoms with Gasteiger partial charge in [-0.05, 0) is 26.0 Å². The first kappa shape index (κ1) is 15.5. The molecule has 0 radical (unpaired) electrons. The highest BCUT2D eigenvalue weighted by atomic mass is 19.4. The zero-order valence-corrected chi connectivity index (χ0v) is 10.7. The molecule has 0 bridgehead atoms. The van der Waals surface area contributed by atoms with Crippen LogP contribution in [0.1, 0.15) is 19.4 Å². The van der Waals surface area contributed by atoms with Crippen LogP contribution in [0.5, 0.6) is 0 Å². The fraction of sp³-hybridized carbons (Fsp3) is 0.545. The number of nitrogens with one attached hydrogen (secondary N) is 1. The number of aromatic nitrogens is 1. The molecule has 0 amide bonds. The standard InChI is InChI=1S/C11H17F3N4O/c1-7(2)18(3-4-19)10-6-8(11(12,13)14)5-9(16-10)17-15/h5-7,19H,3-4,15H2,1-2H3,(H,16,17). The molecule has 108 valence electrons. The van der Waals surface area contributed by atoms with Crippen LogP contribution in [0.15, 0.2) is 12.1 Å². The van der Waals surface area contributed by atoms with E-state index in [1.165, 1.54) is 0 Å². The molecule has 0 aromatic carbocycles. The van der Waals surface area contributed by atoms with Gasteiger partial charge >= 0.3 is 6.18 Å². The molecule has 0 aliphatic heterocycles. The van der Waals surface area contributed by atoms with E-state index in [-0.39, 0.29) is 30.8 Å². The maximum Gasteiger partial charge on any atom is 0.416 e. The molecule has 19 heavy (non-hydrogen) atoms. The van der Waals surface area contributed by atoms with Crippen LogP contribution in [0.4, 0.5) is 24.8 Å². The van der Waals surface area contributed by atoms with Gasteiger partial charge in [-0.15, -0.1) is 0 Å². The molecule has 1 rings (SSSR count). The molecule has 0 aliphatic carbocycles. The van der Waals surface area contributed by atoms with E-state index < -0.39 is 11.7 Å². The lowest BCUT2D eigenvalue weighted by Crippen LogP contribution is -2.34. The van der Waals surface area contributed by atoms with Crippen molar-refractivity contribution in [2.45, 2.75) is 26.1 Å². The first-order valence-electron chi connectivity index (χ1n) is 5.73. The Labute approximate surface area is 109 Å². The van der Waals surface area contributed by atoms with Gasteiger partial charge in [0.15, 0.2) is 0 Å². The Hall–Kier alpha value is -1.54. The maximum absolute atomic E-state index is 12.8. The number of aliphatic hydroxyl groups is 1. The summed E-state index contributed by atoms with van der Waals surface area (Å²) < 4.78 is 38.3. The van der Waals surface area contributed by atoms with Gasteiger partial charge in [-0.2, -0.15) is 13.2 Å². The van der Waals surface area contributed by atoms with Gasteiger partial charge < -0.3 is 15.4 Å². The fourth-order valence-corrected chi connectivity index (χ4v) is 1.65. The quantitative estimate of drug-likeness (QED) is 0.563. The van der Waals surface area contributed by atoms with E-state index in [0.29, 0.717) is 0 Å². The SMILES string of the molecule is CC(C)N(CCO)c1cc(C(F)(F)F)cc(NN)n1. The predicted octanol–water partition coefficient (Wildman–Crippen LogP) is 1.59. The largest absolute Gasteiger partial charge is 0.416 e. The highest BCUT2D eigenvalue weighted by Crippen LogP contribution is 2.33. The number of aliphatic hydroxyl groups excluding tert-OH is 1. The molecule has 0 saturated heterocycles. The summed E-state index contributed by atoms with van der Waals surface area (Å²) in [5.41, 5.74) is 1.28. The minimum absolute atomic E-state index is 0.0755. The summed E-state index contributed by atoms with van der Waals surface area (Å²) in [5, 5.41) is 8.97. The van der Waals surface area contributed by atoms with Crippen LogP contribution in [0.2, 0.25) is 0 Å². The van der Waals surface area contributed by atoms with Gasteiger partial charge in [0.25, 0.3) is 0 Å². The van der Waals surface area contributed by atoms with Crippen molar-refractivity contribution in [1.29, 1.82) is 0 Å². The molecule has 5 nitrogen and oxygen atoms in total. The Kier molecular flexibility index (Phi) is 4.96. The Morgan fingerprint density at radius 3 is 2.47 bits per heavy atom. The molecule has 0 aliphatic rings. The topological polar surface area (TPSA) is 74.4 Å². The number of pyridine rings is 1. The van der Waals surface area contributed by atoms with Crippen LogP contribution in [0.3, 0.4) is 0 Å². The summed E-state index contributed by atoms with van der Waals surface area (Å²) in [5.74, 6) is 5.18. The molecule has 0 spiro atoms. The van der Waals surface area contributed by atoms with Gasteiger partial charge in [0.1, 0.15) is 11.6 Å². The second kappa shape index (κ2) is 6.07. The number of nitrogens with two attached hydrogens (primary N) is 1. The van der Waals surface area contributed by atoms with Crippen LogP contribution in [0.25, 0.3) is 0 Å². The Bertz CT molecular complexity index is 423. The number of halogens is 3. The van der Waals surface area contributed by atoms with E-state index in [4.69, 9.17) is 10.9 Å². The van der Waals surface area contributed by atoms with E-state index in [1.807, 2.05) is 0 Å². The molecule has 0 saturated carbocycles. The molecule has 0 atom stereocenters. The molecular weight excluding hydrogens is 261 g/mol. The molecule has 1 aromatic rings. The highest BCUT2D eigenvalue weighted by Gasteiger charge is 2.32. The number of alkyl halides is 3. The van der Waals surface area contributed by atoms with E-state index in [2.05, 4.69) is 10.4 Å². The van der Waals surface area contributed by atoms with E-state index in [0.717, 1.165) is 12.1 Å². The van der Waals surface area contributed by atoms with Gasteiger partial charge in [0, 0.05) is 12.6 Å². The molecule has 1 heterocycles. The number of nitrogens with zero attached hydrogens (tertiary/aromatic N) is 2. The highest BCUT2D eigenvalue weighted by molar-refractivity contribution is 5.51. The lowest BCUT2D eigenvalue weighted by Gasteiger charge is -2.28. The zero-order valence-electron chi connectivity index (χ0n) is 10.7. The Balaban J connectivity index is 3.25. The van der Waals surface area contributed by atoms with Crippen molar-refractivity contribution in [3.63, 3.8) is 0 Å². The smallest absolute Gasteiger partial charge is 0.395 e. The van der Waals surface area contributed by atoms with Crippen LogP contribution < -0.4 is 16.2 Å². The number of hydrazine groups is 1. The lowest BCUT2D eigenvalue weighted by atomic mass is 10.2. The second-order valence-electron chi connectivity index (χ2n) is 4.25. The van der Waals surface area contributed by atoms with Crippen molar-refractivity contribution < 1.29 is 18.3 Å². The average molecular weight is 278 g/mol. The van der Waals surface area contributed by atoms with Crippen molar-refractivity contribution >= 4 is 11.6 Å². The van der Waals surface area contributed by atoms with Gasteiger partial charge in [0.05, 0.1) is 12.2 Å². The first-order chi connectivity index (χ1) is 8.79. The van der Waals surface area contributed by atoms with Crippen molar-refractivity contribution in [2.75, 3.05) is 23.5 Å². The summed E-state index contributed by atoms with van der Waals surface area (Å²) in [7, 11) is 0. The normalized spacial score (nSPS) is 11.8. The third-order valence-corrected chi connectivity index (χ3v) is 2.55. The van der Waals surface area contributed by atoms with Crippen LogP contribution in [0, 0.1) is 0 Å². The van der Waals surface area contributed by atoms with Crippen LogP contribution in [-0.2, 0) is 6.18 Å². The van der Waals surface area contributed by atoms with Gasteiger partial charge in [-0.1, -0.05) is 0 Å². The zero-order chi connectivity index (χ0) is 14.6. The number of nitrogen functional groups attached to an aromatic ring is 1. The third kappa shape index (κ3) is 3.97. The summed E-state index contributed by atoms with van der Waals surface area (Å²) in [4.78, 5) is 5.55. The molecule has 0 unspecified atom stereocenters. The van der Waals surface area contributed by atoms with Crippen LogP contribution >= 0.6 is 0 Å². The summed E-state index contributed by atoms with van der Waals surface area (Å²) in [6.45, 7) is 3.61. The summed E-state index contributed by atoms with van der Waals surface area (Å²) >= 11 is 0. The van der Waals surface area contributed by atoms with Crippen molar-refractivity contribution in [1.82, 2.24) is 4.98 Å². The van der Waals surface area contributed by atoms with Gasteiger partial charge in [-0.3, -0.25) is 0 Å². The van der Waals surface area contributed by atoms with E-state index >= 15 is 0 Å². The van der Waals surface area contributed by atoms with Crippen molar-refractivity contribution in [2.24, 2.45) is 5.84 Å². The third-order valence-electron chi connectivity index (χ3n) is 2.55. The van der Waals surface area contributed by atoms with Gasteiger partial charge in [-0.25, -0.2) is 10.8 Å². The maximum atomic E-state index is 12.8. The minimum Gasteiger partial charge on any atom is -0.395 e. The number of rotatable bonds is 5. The Morgan fingerprint density at radius 2 is 2.05 bits per heavy atom. The number of anilines is 2. The predicted molar refractivity (Wildman–Crippen MR) is 66.6 cm³/mol. The van der Waals surface area contributed by atoms with E-state index in [1.54, 1.807) is 18.7 Å². The van der Waals surface area contributed by atoms with Crippen molar-refractivity contribution in [3.8, 4) is 0 Å². The molecule has 1 aromatic heterocycles. The van der Waals surface area contributed by atoms with Crippen molar-refractivity contribution in [3.05, 3.63) is 17.7 Å². The summed E-state index contributed by atoms with van der Waals surface area (Å²) in [6.07, 6.45) is -4.48.